The Labute approximate surface area is 145 Å². The first-order chi connectivity index (χ1) is 11.7. The summed E-state index contributed by atoms with van der Waals surface area (Å²) in [5.41, 5.74) is 1.25. The van der Waals surface area contributed by atoms with Gasteiger partial charge in [0.25, 0.3) is 0 Å². The third-order valence-corrected chi connectivity index (χ3v) is 5.40. The molecule has 1 amide bonds. The molecule has 0 aromatic heterocycles. The van der Waals surface area contributed by atoms with E-state index in [1.807, 2.05) is 18.2 Å². The van der Waals surface area contributed by atoms with Crippen LogP contribution in [0.2, 0.25) is 0 Å². The lowest BCUT2D eigenvalue weighted by molar-refractivity contribution is -0.135. The minimum Gasteiger partial charge on any atom is -0.381 e. The quantitative estimate of drug-likeness (QED) is 0.804. The van der Waals surface area contributed by atoms with Gasteiger partial charge in [0.05, 0.1) is 6.61 Å². The Hall–Kier alpha value is -1.39. The van der Waals surface area contributed by atoms with Gasteiger partial charge < -0.3 is 14.5 Å². The van der Waals surface area contributed by atoms with Crippen molar-refractivity contribution in [2.75, 3.05) is 39.9 Å². The minimum atomic E-state index is 0.320. The van der Waals surface area contributed by atoms with Crippen molar-refractivity contribution in [3.8, 4) is 0 Å². The van der Waals surface area contributed by atoms with Crippen LogP contribution in [0.3, 0.4) is 0 Å². The molecule has 2 aliphatic heterocycles. The number of hydrogen-bond acceptors (Lipinski definition) is 3. The van der Waals surface area contributed by atoms with E-state index >= 15 is 0 Å². The van der Waals surface area contributed by atoms with Crippen LogP contribution in [0.25, 0.3) is 0 Å². The first-order valence-electron chi connectivity index (χ1n) is 9.32. The van der Waals surface area contributed by atoms with Crippen LogP contribution in [-0.4, -0.2) is 61.6 Å². The van der Waals surface area contributed by atoms with Gasteiger partial charge in [0.2, 0.25) is 5.91 Å². The molecular formula is C20H30N2O2. The van der Waals surface area contributed by atoms with Crippen LogP contribution < -0.4 is 0 Å². The summed E-state index contributed by atoms with van der Waals surface area (Å²) in [6.07, 6.45) is 4.74. The zero-order chi connectivity index (χ0) is 16.8. The Morgan fingerprint density at radius 3 is 2.62 bits per heavy atom. The Bertz CT molecular complexity index is 506. The maximum Gasteiger partial charge on any atom is 0.223 e. The summed E-state index contributed by atoms with van der Waals surface area (Å²) in [7, 11) is 2.17. The molecule has 0 saturated carbocycles. The highest BCUT2D eigenvalue weighted by Crippen LogP contribution is 2.22. The SMILES string of the molecule is CN1CCC(N(CC2CCOC2)C(=O)CCc2ccccc2)CC1. The van der Waals surface area contributed by atoms with Crippen LogP contribution in [0, 0.1) is 5.92 Å². The monoisotopic (exact) mass is 330 g/mol. The van der Waals surface area contributed by atoms with Crippen molar-refractivity contribution < 1.29 is 9.53 Å². The molecule has 1 aromatic rings. The van der Waals surface area contributed by atoms with Crippen LogP contribution in [0.15, 0.2) is 30.3 Å². The van der Waals surface area contributed by atoms with E-state index in [9.17, 15) is 4.79 Å². The van der Waals surface area contributed by atoms with E-state index in [1.54, 1.807) is 0 Å². The lowest BCUT2D eigenvalue weighted by atomic mass is 9.99. The van der Waals surface area contributed by atoms with E-state index < -0.39 is 0 Å². The van der Waals surface area contributed by atoms with Gasteiger partial charge in [0.15, 0.2) is 0 Å². The van der Waals surface area contributed by atoms with Gasteiger partial charge >= 0.3 is 0 Å². The summed E-state index contributed by atoms with van der Waals surface area (Å²) in [5, 5.41) is 0. The Morgan fingerprint density at radius 2 is 1.96 bits per heavy atom. The van der Waals surface area contributed by atoms with Crippen molar-refractivity contribution in [1.82, 2.24) is 9.80 Å². The third kappa shape index (κ3) is 4.81. The van der Waals surface area contributed by atoms with E-state index in [0.717, 1.165) is 58.5 Å². The lowest BCUT2D eigenvalue weighted by Crippen LogP contribution is -2.48. The molecule has 0 bridgehead atoms. The lowest BCUT2D eigenvalue weighted by Gasteiger charge is -2.38. The number of ether oxygens (including phenoxy) is 1. The van der Waals surface area contributed by atoms with Gasteiger partial charge in [-0.15, -0.1) is 0 Å². The number of carbonyl (C=O) groups is 1. The van der Waals surface area contributed by atoms with E-state index in [1.165, 1.54) is 5.56 Å². The largest absolute Gasteiger partial charge is 0.381 e. The van der Waals surface area contributed by atoms with Gasteiger partial charge in [-0.25, -0.2) is 0 Å². The highest BCUT2D eigenvalue weighted by Gasteiger charge is 2.29. The topological polar surface area (TPSA) is 32.8 Å². The Morgan fingerprint density at radius 1 is 1.21 bits per heavy atom. The number of carbonyl (C=O) groups excluding carboxylic acids is 1. The smallest absolute Gasteiger partial charge is 0.223 e. The Balaban J connectivity index is 1.60. The molecule has 0 aliphatic carbocycles. The number of aryl methyl sites for hydroxylation is 1. The first-order valence-corrected chi connectivity index (χ1v) is 9.32. The summed E-state index contributed by atoms with van der Waals surface area (Å²) in [5.74, 6) is 0.839. The molecule has 1 aromatic carbocycles. The highest BCUT2D eigenvalue weighted by molar-refractivity contribution is 5.76. The molecular weight excluding hydrogens is 300 g/mol. The van der Waals surface area contributed by atoms with Crippen LogP contribution in [0.5, 0.6) is 0 Å². The average molecular weight is 330 g/mol. The number of piperidine rings is 1. The van der Waals surface area contributed by atoms with Crippen molar-refractivity contribution in [3.63, 3.8) is 0 Å². The molecule has 1 atom stereocenters. The maximum absolute atomic E-state index is 13.0. The fraction of sp³-hybridized carbons (Fsp3) is 0.650. The summed E-state index contributed by atoms with van der Waals surface area (Å²) in [6, 6.07) is 10.7. The number of benzene rings is 1. The van der Waals surface area contributed by atoms with Gasteiger partial charge in [-0.05, 0) is 51.4 Å². The molecule has 2 fully saturated rings. The summed E-state index contributed by atoms with van der Waals surface area (Å²) in [4.78, 5) is 17.5. The second kappa shape index (κ2) is 8.63. The predicted octanol–water partition coefficient (Wildman–Crippen LogP) is 2.58. The highest BCUT2D eigenvalue weighted by atomic mass is 16.5. The van der Waals surface area contributed by atoms with Crippen molar-refractivity contribution in [3.05, 3.63) is 35.9 Å². The molecule has 4 heteroatoms. The molecule has 2 heterocycles. The van der Waals surface area contributed by atoms with E-state index in [2.05, 4.69) is 29.0 Å². The normalized spacial score (nSPS) is 22.6. The first kappa shape index (κ1) is 17.4. The van der Waals surface area contributed by atoms with Gasteiger partial charge in [0, 0.05) is 31.5 Å². The fourth-order valence-corrected chi connectivity index (χ4v) is 3.81. The minimum absolute atomic E-state index is 0.320. The third-order valence-electron chi connectivity index (χ3n) is 5.40. The molecule has 0 spiro atoms. The molecule has 0 N–H and O–H groups in total. The van der Waals surface area contributed by atoms with Crippen molar-refractivity contribution in [2.45, 2.75) is 38.1 Å². The molecule has 4 nitrogen and oxygen atoms in total. The maximum atomic E-state index is 13.0. The zero-order valence-corrected chi connectivity index (χ0v) is 14.8. The van der Waals surface area contributed by atoms with Crippen LogP contribution >= 0.6 is 0 Å². The number of rotatable bonds is 6. The van der Waals surface area contributed by atoms with Crippen LogP contribution in [0.4, 0.5) is 0 Å². The van der Waals surface area contributed by atoms with Gasteiger partial charge in [-0.2, -0.15) is 0 Å². The number of hydrogen-bond donors (Lipinski definition) is 0. The second-order valence-corrected chi connectivity index (χ2v) is 7.30. The predicted molar refractivity (Wildman–Crippen MR) is 95.9 cm³/mol. The number of amides is 1. The summed E-state index contributed by atoms with van der Waals surface area (Å²) in [6.45, 7) is 4.73. The van der Waals surface area contributed by atoms with Crippen molar-refractivity contribution >= 4 is 5.91 Å². The van der Waals surface area contributed by atoms with Crippen LogP contribution in [0.1, 0.15) is 31.2 Å². The summed E-state index contributed by atoms with van der Waals surface area (Å²) < 4.78 is 5.53. The standard InChI is InChI=1S/C20H30N2O2/c1-21-12-9-19(10-13-21)22(15-18-11-14-24-16-18)20(23)8-7-17-5-3-2-4-6-17/h2-6,18-19H,7-16H2,1H3. The van der Waals surface area contributed by atoms with Gasteiger partial charge in [0.1, 0.15) is 0 Å². The molecule has 2 aliphatic rings. The molecule has 24 heavy (non-hydrogen) atoms. The molecule has 132 valence electrons. The van der Waals surface area contributed by atoms with E-state index in [-0.39, 0.29) is 0 Å². The molecule has 1 unspecified atom stereocenters. The Kier molecular flexibility index (Phi) is 6.27. The molecule has 2 saturated heterocycles. The summed E-state index contributed by atoms with van der Waals surface area (Å²) >= 11 is 0. The molecule has 0 radical (unpaired) electrons. The van der Waals surface area contributed by atoms with Crippen LogP contribution in [-0.2, 0) is 16.0 Å². The van der Waals surface area contributed by atoms with Gasteiger partial charge in [-0.3, -0.25) is 4.79 Å². The number of likely N-dealkylation sites (tertiary alicyclic amines) is 1. The van der Waals surface area contributed by atoms with E-state index in [0.29, 0.717) is 24.3 Å². The average Bonchev–Trinajstić information content (AvgIpc) is 3.13. The molecule has 3 rings (SSSR count). The van der Waals surface area contributed by atoms with Crippen molar-refractivity contribution in [1.29, 1.82) is 0 Å². The van der Waals surface area contributed by atoms with Crippen molar-refractivity contribution in [2.24, 2.45) is 5.92 Å². The fourth-order valence-electron chi connectivity index (χ4n) is 3.81. The number of nitrogens with zero attached hydrogens (tertiary/aromatic N) is 2. The zero-order valence-electron chi connectivity index (χ0n) is 14.8. The van der Waals surface area contributed by atoms with E-state index in [4.69, 9.17) is 4.74 Å². The second-order valence-electron chi connectivity index (χ2n) is 7.30. The van der Waals surface area contributed by atoms with Gasteiger partial charge in [-0.1, -0.05) is 30.3 Å².